The first-order valence-electron chi connectivity index (χ1n) is 9.46. The smallest absolute Gasteiger partial charge is 0.352 e. The Morgan fingerprint density at radius 2 is 1.88 bits per heavy atom. The van der Waals surface area contributed by atoms with Crippen LogP contribution in [0, 0.1) is 5.82 Å². The number of carbonyl (C=O) groups excluding carboxylic acids is 2. The third-order valence-electron chi connectivity index (χ3n) is 4.51. The van der Waals surface area contributed by atoms with Crippen molar-refractivity contribution >= 4 is 35.0 Å². The number of halogens is 5. The number of rotatable bonds is 5. The van der Waals surface area contributed by atoms with Gasteiger partial charge in [-0.05, 0) is 30.3 Å². The van der Waals surface area contributed by atoms with Crippen LogP contribution in [0.1, 0.15) is 18.2 Å². The van der Waals surface area contributed by atoms with Crippen molar-refractivity contribution in [3.05, 3.63) is 70.6 Å². The van der Waals surface area contributed by atoms with Gasteiger partial charge in [0.25, 0.3) is 0 Å². The average molecular weight is 484 g/mol. The van der Waals surface area contributed by atoms with Gasteiger partial charge < -0.3 is 10.6 Å². The van der Waals surface area contributed by atoms with Crippen LogP contribution in [0.5, 0.6) is 0 Å². The van der Waals surface area contributed by atoms with Gasteiger partial charge in [0.15, 0.2) is 5.69 Å². The highest BCUT2D eigenvalue weighted by Crippen LogP contribution is 2.33. The summed E-state index contributed by atoms with van der Waals surface area (Å²) >= 11 is 5.95. The molecule has 0 radical (unpaired) electrons. The highest BCUT2D eigenvalue weighted by Gasteiger charge is 2.36. The molecular weight excluding hydrogens is 466 g/mol. The number of amides is 3. The van der Waals surface area contributed by atoms with Crippen molar-refractivity contribution < 1.29 is 27.2 Å². The van der Waals surface area contributed by atoms with Gasteiger partial charge in [-0.25, -0.2) is 13.9 Å². The molecule has 0 saturated carbocycles. The number of alkyl halides is 3. The molecule has 1 aromatic heterocycles. The third-order valence-corrected chi connectivity index (χ3v) is 4.75. The summed E-state index contributed by atoms with van der Waals surface area (Å²) in [5.74, 6) is -1.19. The fourth-order valence-corrected chi connectivity index (χ4v) is 3.03. The van der Waals surface area contributed by atoms with Gasteiger partial charge in [-0.1, -0.05) is 23.7 Å². The number of hydrogen-bond acceptors (Lipinski definition) is 3. The fourth-order valence-electron chi connectivity index (χ4n) is 2.85. The Morgan fingerprint density at radius 1 is 1.15 bits per heavy atom. The Balaban J connectivity index is 1.87. The SMILES string of the molecule is CC(=O)NCc1ccc(NC(=O)N(C)c2cc(C(F)(F)F)nn2-c2cccc(Cl)c2)cc1F. The summed E-state index contributed by atoms with van der Waals surface area (Å²) in [5, 5.41) is 8.73. The number of carbonyl (C=O) groups is 2. The van der Waals surface area contributed by atoms with Gasteiger partial charge in [0.1, 0.15) is 11.6 Å². The lowest BCUT2D eigenvalue weighted by Gasteiger charge is -2.19. The molecular formula is C21H18ClF4N5O2. The van der Waals surface area contributed by atoms with E-state index in [0.717, 1.165) is 21.7 Å². The average Bonchev–Trinajstić information content (AvgIpc) is 3.18. The largest absolute Gasteiger partial charge is 0.435 e. The summed E-state index contributed by atoms with van der Waals surface area (Å²) in [6.45, 7) is 1.26. The predicted molar refractivity (Wildman–Crippen MR) is 115 cm³/mol. The molecule has 0 aliphatic carbocycles. The van der Waals surface area contributed by atoms with Crippen LogP contribution in [0.15, 0.2) is 48.5 Å². The van der Waals surface area contributed by atoms with Crippen molar-refractivity contribution in [3.8, 4) is 5.69 Å². The van der Waals surface area contributed by atoms with Gasteiger partial charge in [0, 0.05) is 42.9 Å². The molecule has 0 fully saturated rings. The molecule has 3 aromatic rings. The highest BCUT2D eigenvalue weighted by atomic mass is 35.5. The molecule has 0 bridgehead atoms. The van der Waals surface area contributed by atoms with E-state index in [0.29, 0.717) is 0 Å². The highest BCUT2D eigenvalue weighted by molar-refractivity contribution is 6.30. The maximum Gasteiger partial charge on any atom is 0.435 e. The van der Waals surface area contributed by atoms with E-state index in [4.69, 9.17) is 11.6 Å². The van der Waals surface area contributed by atoms with Gasteiger partial charge in [-0.15, -0.1) is 0 Å². The van der Waals surface area contributed by atoms with E-state index >= 15 is 0 Å². The molecule has 7 nitrogen and oxygen atoms in total. The van der Waals surface area contributed by atoms with E-state index in [9.17, 15) is 27.2 Å². The van der Waals surface area contributed by atoms with Gasteiger partial charge in [-0.2, -0.15) is 18.3 Å². The van der Waals surface area contributed by atoms with E-state index in [1.54, 1.807) is 6.07 Å². The molecule has 0 aliphatic rings. The lowest BCUT2D eigenvalue weighted by atomic mass is 10.2. The molecule has 3 rings (SSSR count). The molecule has 3 amide bonds. The van der Waals surface area contributed by atoms with Crippen molar-refractivity contribution in [1.82, 2.24) is 15.1 Å². The van der Waals surface area contributed by atoms with Crippen molar-refractivity contribution in [3.63, 3.8) is 0 Å². The maximum absolute atomic E-state index is 14.3. The number of aromatic nitrogens is 2. The van der Waals surface area contributed by atoms with Crippen molar-refractivity contribution in [2.45, 2.75) is 19.6 Å². The maximum atomic E-state index is 14.3. The summed E-state index contributed by atoms with van der Waals surface area (Å²) in [6, 6.07) is 9.66. The standard InChI is InChI=1S/C21H18ClF4N5O2/c1-12(32)27-11-13-6-7-15(9-17(13)23)28-20(33)30(2)19-10-18(21(24,25)26)29-31(19)16-5-3-4-14(22)8-16/h3-10H,11H2,1-2H3,(H,27,32)(H,28,33). The molecule has 1 heterocycles. The Kier molecular flexibility index (Phi) is 6.92. The second-order valence-corrected chi connectivity index (χ2v) is 7.42. The van der Waals surface area contributed by atoms with E-state index in [1.807, 2.05) is 0 Å². The minimum Gasteiger partial charge on any atom is -0.352 e. The molecule has 2 N–H and O–H groups in total. The summed E-state index contributed by atoms with van der Waals surface area (Å²) in [4.78, 5) is 24.6. The fraction of sp³-hybridized carbons (Fsp3) is 0.190. The summed E-state index contributed by atoms with van der Waals surface area (Å²) in [7, 11) is 1.25. The zero-order valence-electron chi connectivity index (χ0n) is 17.4. The Hall–Kier alpha value is -3.60. The van der Waals surface area contributed by atoms with Crippen LogP contribution in [0.25, 0.3) is 5.69 Å². The van der Waals surface area contributed by atoms with Gasteiger partial charge in [0.2, 0.25) is 5.91 Å². The monoisotopic (exact) mass is 483 g/mol. The van der Waals surface area contributed by atoms with Crippen molar-refractivity contribution in [1.29, 1.82) is 0 Å². The molecule has 0 atom stereocenters. The lowest BCUT2D eigenvalue weighted by molar-refractivity contribution is -0.141. The second-order valence-electron chi connectivity index (χ2n) is 6.98. The Labute approximate surface area is 190 Å². The number of urea groups is 1. The predicted octanol–water partition coefficient (Wildman–Crippen LogP) is 4.99. The first-order valence-corrected chi connectivity index (χ1v) is 9.84. The first kappa shape index (κ1) is 24.1. The molecule has 12 heteroatoms. The van der Waals surface area contributed by atoms with E-state index in [2.05, 4.69) is 15.7 Å². The normalized spacial score (nSPS) is 11.2. The van der Waals surface area contributed by atoms with Gasteiger partial charge in [0.05, 0.1) is 5.69 Å². The number of nitrogens with one attached hydrogen (secondary N) is 2. The van der Waals surface area contributed by atoms with Crippen LogP contribution < -0.4 is 15.5 Å². The van der Waals surface area contributed by atoms with Gasteiger partial charge in [-0.3, -0.25) is 9.69 Å². The zero-order valence-corrected chi connectivity index (χ0v) is 18.1. The van der Waals surface area contributed by atoms with E-state index in [1.165, 1.54) is 44.3 Å². The summed E-state index contributed by atoms with van der Waals surface area (Å²) < 4.78 is 55.1. The van der Waals surface area contributed by atoms with E-state index in [-0.39, 0.29) is 40.2 Å². The number of hydrogen-bond donors (Lipinski definition) is 2. The van der Waals surface area contributed by atoms with Crippen LogP contribution in [0.4, 0.5) is 33.9 Å². The van der Waals surface area contributed by atoms with Crippen molar-refractivity contribution in [2.24, 2.45) is 0 Å². The quantitative estimate of drug-likeness (QED) is 0.502. The molecule has 174 valence electrons. The number of benzene rings is 2. The lowest BCUT2D eigenvalue weighted by Crippen LogP contribution is -2.32. The Morgan fingerprint density at radius 3 is 2.48 bits per heavy atom. The molecule has 2 aromatic carbocycles. The molecule has 0 saturated heterocycles. The minimum atomic E-state index is -4.75. The Bertz CT molecular complexity index is 1200. The molecule has 0 aliphatic heterocycles. The van der Waals surface area contributed by atoms with Crippen LogP contribution in [-0.2, 0) is 17.5 Å². The number of nitrogens with zero attached hydrogens (tertiary/aromatic N) is 3. The topological polar surface area (TPSA) is 79.3 Å². The van der Waals surface area contributed by atoms with Crippen LogP contribution in [0.2, 0.25) is 5.02 Å². The zero-order chi connectivity index (χ0) is 24.3. The van der Waals surface area contributed by atoms with E-state index < -0.39 is 23.7 Å². The molecule has 33 heavy (non-hydrogen) atoms. The van der Waals surface area contributed by atoms with Crippen LogP contribution >= 0.6 is 11.6 Å². The first-order chi connectivity index (χ1) is 15.5. The minimum absolute atomic E-state index is 0.0334. The second kappa shape index (κ2) is 9.49. The molecule has 0 spiro atoms. The van der Waals surface area contributed by atoms with Crippen LogP contribution in [-0.4, -0.2) is 28.8 Å². The van der Waals surface area contributed by atoms with Crippen LogP contribution in [0.3, 0.4) is 0 Å². The number of anilines is 2. The molecule has 0 unspecified atom stereocenters. The van der Waals surface area contributed by atoms with Crippen molar-refractivity contribution in [2.75, 3.05) is 17.3 Å². The van der Waals surface area contributed by atoms with Gasteiger partial charge >= 0.3 is 12.2 Å². The third kappa shape index (κ3) is 5.80. The summed E-state index contributed by atoms with van der Waals surface area (Å²) in [6.07, 6.45) is -4.75. The summed E-state index contributed by atoms with van der Waals surface area (Å²) in [5.41, 5.74) is -0.724.